The molecule has 10 atom stereocenters. The van der Waals surface area contributed by atoms with Gasteiger partial charge in [-0.05, 0) is 174 Å². The van der Waals surface area contributed by atoms with Crippen LogP contribution in [-0.4, -0.2) is 189 Å². The molecule has 29 nitrogen and oxygen atoms in total. The summed E-state index contributed by atoms with van der Waals surface area (Å²) >= 11 is 6.27. The molecule has 592 valence electrons. The number of nitrogens with zero attached hydrogens (tertiary/aromatic N) is 4. The number of aromatic nitrogens is 3. The summed E-state index contributed by atoms with van der Waals surface area (Å²) in [5.41, 5.74) is 8.81. The van der Waals surface area contributed by atoms with E-state index in [1.165, 1.54) is 31.1 Å². The van der Waals surface area contributed by atoms with Gasteiger partial charge in [-0.2, -0.15) is 0 Å². The smallest absolute Gasteiger partial charge is 0.245 e. The SMILES string of the molecule is CC[C@H](NC(=O)[C@H](CCCCNC(C)C)NC(=O)[C@H](CCCCNCc1ccccn1)NC(=O)[C@H](CCCCNCc1ccccn1)NC(=O)[C@H](CO)NC(=O)[C@@H](Cc1cccnc1)NC(=O)[C@@H](Cc1ccc(Cl)cc1)NC(=O)[C@@H](Cc1ccc2ccccc2c1)NC(C)=O)C(=O)N1CCC[C@@H]1C(=O)N[C@H](C)C(N)=O. The van der Waals surface area contributed by atoms with Crippen LogP contribution in [0, 0.1) is 0 Å². The number of hydrogen-bond acceptors (Lipinski definition) is 18. The molecule has 0 unspecified atom stereocenters. The maximum atomic E-state index is 15.2. The van der Waals surface area contributed by atoms with Crippen LogP contribution in [0.15, 0.2) is 140 Å². The van der Waals surface area contributed by atoms with Gasteiger partial charge in [0.05, 0.1) is 18.0 Å². The first-order valence-electron chi connectivity index (χ1n) is 37.9. The largest absolute Gasteiger partial charge is 0.394 e. The molecule has 15 N–H and O–H groups in total. The third-order valence-electron chi connectivity index (χ3n) is 18.8. The Hall–Kier alpha value is -10.3. The van der Waals surface area contributed by atoms with Gasteiger partial charge in [0.1, 0.15) is 60.4 Å². The number of amides is 11. The maximum absolute atomic E-state index is 15.2. The summed E-state index contributed by atoms with van der Waals surface area (Å²) in [6.07, 6.45) is 9.87. The van der Waals surface area contributed by atoms with Gasteiger partial charge >= 0.3 is 0 Å². The van der Waals surface area contributed by atoms with E-state index < -0.39 is 132 Å². The highest BCUT2D eigenvalue weighted by molar-refractivity contribution is 6.30. The molecule has 0 radical (unpaired) electrons. The third-order valence-corrected chi connectivity index (χ3v) is 19.1. The second kappa shape index (κ2) is 46.2. The lowest BCUT2D eigenvalue weighted by Gasteiger charge is -2.30. The molecule has 110 heavy (non-hydrogen) atoms. The number of carbonyl (C=O) groups is 11. The fourth-order valence-electron chi connectivity index (χ4n) is 12.7. The van der Waals surface area contributed by atoms with E-state index in [-0.39, 0.29) is 57.5 Å². The van der Waals surface area contributed by atoms with E-state index in [0.29, 0.717) is 100 Å². The van der Waals surface area contributed by atoms with Gasteiger partial charge in [-0.25, -0.2) is 0 Å². The summed E-state index contributed by atoms with van der Waals surface area (Å²) in [5.74, 6) is -8.08. The van der Waals surface area contributed by atoms with Crippen molar-refractivity contribution in [3.8, 4) is 0 Å². The van der Waals surface area contributed by atoms with Gasteiger partial charge in [-0.15, -0.1) is 0 Å². The van der Waals surface area contributed by atoms with Crippen molar-refractivity contribution >= 4 is 87.4 Å². The Morgan fingerprint density at radius 2 is 0.982 bits per heavy atom. The number of aliphatic hydroxyl groups excluding tert-OH is 1. The molecular weight excluding hydrogens is 1430 g/mol. The number of primary amides is 1. The Kier molecular flexibility index (Phi) is 36.5. The Bertz CT molecular complexity index is 3960. The van der Waals surface area contributed by atoms with Crippen LogP contribution in [0.1, 0.15) is 140 Å². The molecule has 1 fully saturated rings. The van der Waals surface area contributed by atoms with E-state index in [1.807, 2.05) is 86.6 Å². The predicted molar refractivity (Wildman–Crippen MR) is 417 cm³/mol. The first-order chi connectivity index (χ1) is 53.0. The third kappa shape index (κ3) is 29.6. The van der Waals surface area contributed by atoms with Crippen molar-refractivity contribution in [3.63, 3.8) is 0 Å². The Balaban J connectivity index is 1.13. The van der Waals surface area contributed by atoms with Gasteiger partial charge in [-0.3, -0.25) is 67.7 Å². The summed E-state index contributed by atoms with van der Waals surface area (Å²) in [5, 5.41) is 48.2. The average molecular weight is 1540 g/mol. The molecule has 0 spiro atoms. The second-order valence-corrected chi connectivity index (χ2v) is 28.4. The van der Waals surface area contributed by atoms with Crippen LogP contribution in [0.5, 0.6) is 0 Å². The molecule has 11 amide bonds. The lowest BCUT2D eigenvalue weighted by molar-refractivity contribution is -0.142. The number of hydrogen-bond donors (Lipinski definition) is 14. The summed E-state index contributed by atoms with van der Waals surface area (Å²) in [6, 6.07) is 21.6. The number of likely N-dealkylation sites (tertiary alicyclic amines) is 1. The predicted octanol–water partition coefficient (Wildman–Crippen LogP) is 3.08. The molecule has 30 heteroatoms. The van der Waals surface area contributed by atoms with Crippen LogP contribution in [0.3, 0.4) is 0 Å². The summed E-state index contributed by atoms with van der Waals surface area (Å²) in [6.45, 7) is 10.1. The Morgan fingerprint density at radius 3 is 1.48 bits per heavy atom. The quantitative estimate of drug-likeness (QED) is 0.0244. The average Bonchev–Trinajstić information content (AvgIpc) is 1.44. The minimum absolute atomic E-state index is 0.0161. The van der Waals surface area contributed by atoms with Gasteiger partial charge in [0.25, 0.3) is 0 Å². The van der Waals surface area contributed by atoms with Gasteiger partial charge < -0.3 is 79.5 Å². The van der Waals surface area contributed by atoms with E-state index >= 15 is 9.59 Å². The highest BCUT2D eigenvalue weighted by atomic mass is 35.5. The summed E-state index contributed by atoms with van der Waals surface area (Å²) in [7, 11) is 0. The van der Waals surface area contributed by atoms with Crippen molar-refractivity contribution in [3.05, 3.63) is 173 Å². The number of nitrogens with one attached hydrogen (secondary N) is 12. The van der Waals surface area contributed by atoms with Crippen LogP contribution in [0.25, 0.3) is 10.8 Å². The topological polar surface area (TPSA) is 420 Å². The molecule has 3 aromatic carbocycles. The van der Waals surface area contributed by atoms with Crippen LogP contribution < -0.4 is 69.5 Å². The van der Waals surface area contributed by atoms with Gasteiger partial charge in [0.15, 0.2) is 0 Å². The zero-order valence-electron chi connectivity index (χ0n) is 63.4. The molecular formula is C80H108ClN17O12. The van der Waals surface area contributed by atoms with Gasteiger partial charge in [0, 0.05) is 81.7 Å². The number of carbonyl (C=O) groups excluding carboxylic acids is 11. The molecule has 0 bridgehead atoms. The monoisotopic (exact) mass is 1530 g/mol. The minimum atomic E-state index is -1.75. The van der Waals surface area contributed by atoms with Crippen LogP contribution >= 0.6 is 11.6 Å². The molecule has 0 aliphatic carbocycles. The molecule has 4 heterocycles. The number of nitrogens with two attached hydrogens (primary N) is 1. The molecule has 1 aliphatic rings. The molecule has 6 aromatic rings. The number of pyridine rings is 3. The van der Waals surface area contributed by atoms with Crippen molar-refractivity contribution in [2.24, 2.45) is 5.73 Å². The molecule has 3 aromatic heterocycles. The van der Waals surface area contributed by atoms with Crippen molar-refractivity contribution in [1.29, 1.82) is 0 Å². The maximum Gasteiger partial charge on any atom is 0.245 e. The first kappa shape index (κ1) is 86.9. The Labute approximate surface area is 647 Å². The van der Waals surface area contributed by atoms with E-state index in [2.05, 4.69) is 78.8 Å². The number of unbranched alkanes of at least 4 members (excludes halogenated alkanes) is 3. The van der Waals surface area contributed by atoms with Crippen molar-refractivity contribution < 1.29 is 57.8 Å². The molecule has 1 saturated heterocycles. The van der Waals surface area contributed by atoms with Crippen molar-refractivity contribution in [2.75, 3.05) is 32.8 Å². The number of aliphatic hydroxyl groups is 1. The van der Waals surface area contributed by atoms with Crippen molar-refractivity contribution in [1.82, 2.24) is 83.7 Å². The summed E-state index contributed by atoms with van der Waals surface area (Å²) in [4.78, 5) is 171. The fraction of sp³-hybridized carbons (Fsp3) is 0.475. The van der Waals surface area contributed by atoms with E-state index in [4.69, 9.17) is 17.3 Å². The molecule has 7 rings (SSSR count). The normalized spacial score (nSPS) is 15.1. The second-order valence-electron chi connectivity index (χ2n) is 28.0. The molecule has 1 aliphatic heterocycles. The van der Waals surface area contributed by atoms with E-state index in [9.17, 15) is 48.3 Å². The summed E-state index contributed by atoms with van der Waals surface area (Å²) < 4.78 is 0. The van der Waals surface area contributed by atoms with E-state index in [0.717, 1.165) is 27.7 Å². The van der Waals surface area contributed by atoms with Crippen LogP contribution in [-0.2, 0) is 85.1 Å². The van der Waals surface area contributed by atoms with Gasteiger partial charge in [0.2, 0.25) is 65.0 Å². The fourth-order valence-corrected chi connectivity index (χ4v) is 12.8. The standard InChI is InChI=1S/C80H108ClN17O12/c1-6-62(80(110)98-42-20-29-70(98)79(109)89-52(4)71(82)101)91-72(102)63(28-13-18-39-86-51(2)3)92-73(103)64(26-11-14-36-84-48-60-24-9-16-40-87-60)93-74(104)65(27-12-15-37-85-49-61-25-10-17-41-88-61)94-78(108)69(50-99)97-77(107)68(46-56-21-19-38-83-47-56)96-76(106)67(44-54-31-34-59(81)35-32-54)95-75(105)66(90-53(5)100)45-55-30-33-57-22-7-8-23-58(57)43-55/h7-10,16-17,19,21-25,30-35,38,40-41,43,47,51-52,62-70,84-86,99H,6,11-15,18,20,26-29,36-37,39,42,44-46,48-50H2,1-5H3,(H2,82,101)(H,89,109)(H,90,100)(H,91,102)(H,92,103)(H,93,104)(H,94,108)(H,95,105)(H,96,106)(H,97,107)/t52-,62+,63+,64+,65+,66-,67-,68-,69+,70-/m1/s1. The molecule has 0 saturated carbocycles. The highest BCUT2D eigenvalue weighted by Gasteiger charge is 2.40. The number of halogens is 1. The van der Waals surface area contributed by atoms with Gasteiger partial charge in [-0.1, -0.05) is 105 Å². The van der Waals surface area contributed by atoms with Crippen LogP contribution in [0.2, 0.25) is 5.02 Å². The number of rotatable bonds is 47. The zero-order chi connectivity index (χ0) is 79.3. The van der Waals surface area contributed by atoms with Crippen molar-refractivity contribution in [2.45, 2.75) is 210 Å². The first-order valence-corrected chi connectivity index (χ1v) is 38.3. The number of benzene rings is 3. The lowest BCUT2D eigenvalue weighted by Crippen LogP contribution is -2.61. The zero-order valence-corrected chi connectivity index (χ0v) is 64.1. The number of fused-ring (bicyclic) bond motifs is 1. The Morgan fingerprint density at radius 1 is 0.509 bits per heavy atom. The van der Waals surface area contributed by atoms with Crippen LogP contribution in [0.4, 0.5) is 0 Å². The highest BCUT2D eigenvalue weighted by Crippen LogP contribution is 2.22. The minimum Gasteiger partial charge on any atom is -0.394 e. The van der Waals surface area contributed by atoms with E-state index in [1.54, 1.807) is 61.8 Å². The lowest BCUT2D eigenvalue weighted by atomic mass is 9.99.